The van der Waals surface area contributed by atoms with Crippen molar-refractivity contribution in [2.45, 2.75) is 118 Å². The Balaban J connectivity index is 0. The number of ether oxygens (including phenoxy) is 6. The van der Waals surface area contributed by atoms with Gasteiger partial charge in [0.25, 0.3) is 0 Å². The van der Waals surface area contributed by atoms with Gasteiger partial charge in [0.15, 0.2) is 0 Å². The van der Waals surface area contributed by atoms with Crippen LogP contribution in [0.3, 0.4) is 0 Å². The van der Waals surface area contributed by atoms with Crippen molar-refractivity contribution >= 4 is 70.6 Å². The molecule has 4 fully saturated rings. The summed E-state index contributed by atoms with van der Waals surface area (Å²) in [5.74, 6) is 0.806. The third-order valence-electron chi connectivity index (χ3n) is 7.00. The normalized spacial score (nSPS) is 28.2. The first-order chi connectivity index (χ1) is 21.1. The molecule has 0 saturated carbocycles. The molecule has 4 aliphatic rings. The monoisotopic (exact) mass is 740 g/mol. The van der Waals surface area contributed by atoms with Gasteiger partial charge in [-0.25, -0.2) is 0 Å². The predicted molar refractivity (Wildman–Crippen MR) is 208 cm³/mol. The van der Waals surface area contributed by atoms with Gasteiger partial charge in [-0.3, -0.25) is 0 Å². The van der Waals surface area contributed by atoms with E-state index in [0.29, 0.717) is 16.3 Å². The minimum atomic E-state index is 0.137. The minimum absolute atomic E-state index is 0.137. The molecule has 0 aromatic rings. The Labute approximate surface area is 298 Å². The topological polar surface area (TPSA) is 55.4 Å². The molecule has 5 atom stereocenters. The Kier molecular flexibility index (Phi) is 36.4. The first-order valence-corrected chi connectivity index (χ1v) is 23.6. The molecule has 0 aliphatic carbocycles. The molecule has 4 heterocycles. The molecule has 4 saturated heterocycles. The van der Waals surface area contributed by atoms with Crippen molar-refractivity contribution in [1.82, 2.24) is 0 Å². The molecule has 0 N–H and O–H groups in total. The van der Waals surface area contributed by atoms with Gasteiger partial charge in [0, 0.05) is 40.1 Å². The molecule has 0 aromatic heterocycles. The summed E-state index contributed by atoms with van der Waals surface area (Å²) in [7, 11) is 1.69. The molecular weight excluding hydrogens is 673 g/mol. The van der Waals surface area contributed by atoms with Crippen LogP contribution in [-0.2, 0) is 28.4 Å². The molecule has 4 rings (SSSR count). The Morgan fingerprint density at radius 2 is 1.20 bits per heavy atom. The molecule has 5 unspecified atom stereocenters. The second-order valence-corrected chi connectivity index (χ2v) is 17.1. The zero-order valence-corrected chi connectivity index (χ0v) is 34.8. The molecule has 0 aromatic carbocycles. The number of hydrogen-bond acceptors (Lipinski definition) is 12. The van der Waals surface area contributed by atoms with Crippen LogP contribution in [0.2, 0.25) is 0 Å². The molecular formula is C32H68O6S6. The summed E-state index contributed by atoms with van der Waals surface area (Å²) in [5.41, 5.74) is 1.38. The van der Waals surface area contributed by atoms with Crippen LogP contribution in [0.1, 0.15) is 91.9 Å². The lowest BCUT2D eigenvalue weighted by Crippen LogP contribution is -2.28. The molecule has 268 valence electrons. The Morgan fingerprint density at radius 1 is 0.705 bits per heavy atom. The van der Waals surface area contributed by atoms with Gasteiger partial charge in [-0.05, 0) is 129 Å². The van der Waals surface area contributed by atoms with Gasteiger partial charge in [0.2, 0.25) is 0 Å². The van der Waals surface area contributed by atoms with E-state index in [1.807, 2.05) is 73.4 Å². The van der Waals surface area contributed by atoms with E-state index in [-0.39, 0.29) is 9.87 Å². The number of hydrogen-bond donors (Lipinski definition) is 0. The molecule has 0 radical (unpaired) electrons. The Bertz CT molecular complexity index is 569. The summed E-state index contributed by atoms with van der Waals surface area (Å²) in [6.45, 7) is 13.1. The van der Waals surface area contributed by atoms with Crippen molar-refractivity contribution in [2.24, 2.45) is 0 Å². The molecule has 6 nitrogen and oxygen atoms in total. The highest BCUT2D eigenvalue weighted by Crippen LogP contribution is 2.34. The number of thioether (sulfide) groups is 6. The third kappa shape index (κ3) is 28.8. The summed E-state index contributed by atoms with van der Waals surface area (Å²) in [5, 5.41) is 0. The molecule has 44 heavy (non-hydrogen) atoms. The molecule has 0 amide bonds. The molecule has 4 aliphatic heterocycles. The average Bonchev–Trinajstić information content (AvgIpc) is 3.76. The Hall–Kier alpha value is 1.86. The maximum atomic E-state index is 5.58. The zero-order valence-electron chi connectivity index (χ0n) is 29.9. The fourth-order valence-electron chi connectivity index (χ4n) is 4.04. The molecule has 12 heteroatoms. The van der Waals surface area contributed by atoms with Gasteiger partial charge in [-0.2, -0.15) is 0 Å². The van der Waals surface area contributed by atoms with Crippen LogP contribution in [0.5, 0.6) is 0 Å². The minimum Gasteiger partial charge on any atom is -0.374 e. The Morgan fingerprint density at radius 3 is 1.45 bits per heavy atom. The largest absolute Gasteiger partial charge is 0.374 e. The van der Waals surface area contributed by atoms with Crippen LogP contribution in [0.4, 0.5) is 0 Å². The van der Waals surface area contributed by atoms with E-state index in [9.17, 15) is 0 Å². The quantitative estimate of drug-likeness (QED) is 0.212. The fraction of sp³-hybridized carbons (Fsp3) is 1.00. The van der Waals surface area contributed by atoms with Crippen LogP contribution < -0.4 is 0 Å². The van der Waals surface area contributed by atoms with Gasteiger partial charge >= 0.3 is 0 Å². The van der Waals surface area contributed by atoms with Crippen LogP contribution in [0.25, 0.3) is 0 Å². The van der Waals surface area contributed by atoms with Gasteiger partial charge in [-0.1, -0.05) is 0 Å². The van der Waals surface area contributed by atoms with E-state index in [1.165, 1.54) is 64.2 Å². The van der Waals surface area contributed by atoms with Crippen molar-refractivity contribution in [3.63, 3.8) is 0 Å². The van der Waals surface area contributed by atoms with Crippen molar-refractivity contribution in [3.8, 4) is 0 Å². The van der Waals surface area contributed by atoms with Crippen molar-refractivity contribution in [2.75, 3.05) is 83.6 Å². The van der Waals surface area contributed by atoms with Gasteiger partial charge in [0.05, 0.1) is 11.4 Å². The van der Waals surface area contributed by atoms with E-state index in [0.717, 1.165) is 39.0 Å². The lowest BCUT2D eigenvalue weighted by molar-refractivity contribution is 0.00259. The van der Waals surface area contributed by atoms with Crippen LogP contribution >= 0.6 is 70.6 Å². The highest BCUT2D eigenvalue weighted by Gasteiger charge is 2.28. The summed E-state index contributed by atoms with van der Waals surface area (Å²) in [6, 6.07) is 0. The smallest absolute Gasteiger partial charge is 0.110 e. The average molecular weight is 741 g/mol. The molecule has 0 spiro atoms. The summed E-state index contributed by atoms with van der Waals surface area (Å²) < 4.78 is 31.5. The van der Waals surface area contributed by atoms with Crippen molar-refractivity contribution < 1.29 is 28.4 Å². The second kappa shape index (κ2) is 33.4. The van der Waals surface area contributed by atoms with Gasteiger partial charge in [-0.15, -0.1) is 70.6 Å². The van der Waals surface area contributed by atoms with E-state index < -0.39 is 0 Å². The van der Waals surface area contributed by atoms with E-state index in [4.69, 9.17) is 23.7 Å². The van der Waals surface area contributed by atoms with Gasteiger partial charge < -0.3 is 28.4 Å². The van der Waals surface area contributed by atoms with E-state index in [1.54, 1.807) is 30.6 Å². The fourth-order valence-corrected chi connectivity index (χ4v) is 6.91. The first kappa shape index (κ1) is 48.0. The summed E-state index contributed by atoms with van der Waals surface area (Å²) in [4.78, 5) is 0.290. The highest BCUT2D eigenvalue weighted by atomic mass is 32.2. The van der Waals surface area contributed by atoms with Crippen LogP contribution in [0, 0.1) is 0 Å². The van der Waals surface area contributed by atoms with Crippen molar-refractivity contribution in [1.29, 1.82) is 0 Å². The summed E-state index contributed by atoms with van der Waals surface area (Å²) >= 11 is 10.7. The first-order valence-electron chi connectivity index (χ1n) is 15.9. The standard InChI is InChI=1S/C7H14OS.2C6H12OS.C5H10OS.C5H12OS.C3H8OS/c1-7(9-2)5-3-4-6-8-7;1-6(8-2)4-3-5-7-6;1-8-6-4-2-3-5-7-6;1-7-5-3-2-4-6-5;1-4-6-5(2)7-3;1-4-3-5-2/h3-6H2,1-2H3;3-5H2,1-2H3;6H,2-5H2,1H3;5H,2-4H2,1H3;5H,4H2,1-3H3;3H2,1-2H3. The van der Waals surface area contributed by atoms with Gasteiger partial charge in [0.1, 0.15) is 20.7 Å². The summed E-state index contributed by atoms with van der Waals surface area (Å²) in [6.07, 6.45) is 25.1. The lowest BCUT2D eigenvalue weighted by Gasteiger charge is -2.31. The van der Waals surface area contributed by atoms with Crippen LogP contribution in [0.15, 0.2) is 0 Å². The predicted octanol–water partition coefficient (Wildman–Crippen LogP) is 10.2. The van der Waals surface area contributed by atoms with Crippen molar-refractivity contribution in [3.05, 3.63) is 0 Å². The lowest BCUT2D eigenvalue weighted by atomic mass is 10.1. The highest BCUT2D eigenvalue weighted by molar-refractivity contribution is 8.00. The number of rotatable bonds is 9. The molecule has 0 bridgehead atoms. The van der Waals surface area contributed by atoms with E-state index >= 15 is 0 Å². The maximum Gasteiger partial charge on any atom is 0.110 e. The van der Waals surface area contributed by atoms with Crippen LogP contribution in [-0.4, -0.2) is 110 Å². The maximum absolute atomic E-state index is 5.58. The second-order valence-electron chi connectivity index (χ2n) is 10.6. The third-order valence-corrected chi connectivity index (χ3v) is 12.4. The number of methoxy groups -OCH3 is 1. The zero-order chi connectivity index (χ0) is 33.5. The SMILES string of the molecule is CCOC(C)SC.COCSC.CSC1(C)CCCCO1.CSC1(C)CCCO1.CSC1CCCCO1.CSC1CCCO1. The van der Waals surface area contributed by atoms with E-state index in [2.05, 4.69) is 43.6 Å².